The van der Waals surface area contributed by atoms with Crippen LogP contribution in [0.25, 0.3) is 0 Å². The van der Waals surface area contributed by atoms with E-state index in [1.54, 1.807) is 0 Å². The molecule has 0 bridgehead atoms. The highest BCUT2D eigenvalue weighted by molar-refractivity contribution is 5.89. The topological polar surface area (TPSA) is 87.7 Å². The Kier molecular flexibility index (Phi) is 3.11. The van der Waals surface area contributed by atoms with Gasteiger partial charge in [-0.2, -0.15) is 0 Å². The monoisotopic (exact) mass is 228 g/mol. The summed E-state index contributed by atoms with van der Waals surface area (Å²) in [6.07, 6.45) is 0.774. The number of hydrogen-bond donors (Lipinski definition) is 3. The van der Waals surface area contributed by atoms with E-state index < -0.39 is 5.60 Å². The maximum absolute atomic E-state index is 11.6. The van der Waals surface area contributed by atoms with E-state index in [9.17, 15) is 14.7 Å². The SMILES string of the molecule is O=C1CC(C(=O)NCC2(O)CCOC2)CN1. The van der Waals surface area contributed by atoms with E-state index in [4.69, 9.17) is 4.74 Å². The van der Waals surface area contributed by atoms with Gasteiger partial charge < -0.3 is 20.5 Å². The molecular weight excluding hydrogens is 212 g/mol. The number of aliphatic hydroxyl groups is 1. The van der Waals surface area contributed by atoms with Crippen LogP contribution in [-0.4, -0.2) is 48.8 Å². The van der Waals surface area contributed by atoms with Gasteiger partial charge in [0.05, 0.1) is 12.5 Å². The predicted molar refractivity (Wildman–Crippen MR) is 54.5 cm³/mol. The normalized spacial score (nSPS) is 33.8. The van der Waals surface area contributed by atoms with Gasteiger partial charge in [0.15, 0.2) is 0 Å². The number of amides is 2. The van der Waals surface area contributed by atoms with Gasteiger partial charge in [0.25, 0.3) is 0 Å². The zero-order valence-electron chi connectivity index (χ0n) is 8.99. The minimum Gasteiger partial charge on any atom is -0.386 e. The van der Waals surface area contributed by atoms with Crippen LogP contribution in [-0.2, 0) is 14.3 Å². The van der Waals surface area contributed by atoms with Crippen molar-refractivity contribution < 1.29 is 19.4 Å². The molecule has 0 aromatic carbocycles. The molecule has 2 unspecified atom stereocenters. The molecule has 0 spiro atoms. The Hall–Kier alpha value is -1.14. The average Bonchev–Trinajstić information content (AvgIpc) is 2.85. The molecule has 0 radical (unpaired) electrons. The Morgan fingerprint density at radius 1 is 1.69 bits per heavy atom. The molecule has 3 N–H and O–H groups in total. The number of ether oxygens (including phenoxy) is 1. The minimum absolute atomic E-state index is 0.0944. The van der Waals surface area contributed by atoms with Crippen molar-refractivity contribution >= 4 is 11.8 Å². The highest BCUT2D eigenvalue weighted by Gasteiger charge is 2.34. The highest BCUT2D eigenvalue weighted by Crippen LogP contribution is 2.17. The van der Waals surface area contributed by atoms with Crippen LogP contribution in [0.4, 0.5) is 0 Å². The van der Waals surface area contributed by atoms with Crippen molar-refractivity contribution in [3.8, 4) is 0 Å². The summed E-state index contributed by atoms with van der Waals surface area (Å²) in [4.78, 5) is 22.6. The lowest BCUT2D eigenvalue weighted by Gasteiger charge is -2.21. The lowest BCUT2D eigenvalue weighted by molar-refractivity contribution is -0.127. The van der Waals surface area contributed by atoms with Crippen LogP contribution >= 0.6 is 0 Å². The van der Waals surface area contributed by atoms with Gasteiger partial charge in [-0.1, -0.05) is 0 Å². The van der Waals surface area contributed by atoms with E-state index >= 15 is 0 Å². The van der Waals surface area contributed by atoms with E-state index in [-0.39, 0.29) is 37.3 Å². The smallest absolute Gasteiger partial charge is 0.225 e. The lowest BCUT2D eigenvalue weighted by Crippen LogP contribution is -2.45. The van der Waals surface area contributed by atoms with Crippen LogP contribution in [0, 0.1) is 5.92 Å². The van der Waals surface area contributed by atoms with E-state index in [1.165, 1.54) is 0 Å². The molecule has 2 rings (SSSR count). The molecule has 2 saturated heterocycles. The van der Waals surface area contributed by atoms with E-state index in [1.807, 2.05) is 0 Å². The molecule has 0 saturated carbocycles. The van der Waals surface area contributed by atoms with Crippen molar-refractivity contribution in [2.24, 2.45) is 5.92 Å². The molecule has 2 atom stereocenters. The first-order valence-corrected chi connectivity index (χ1v) is 5.44. The van der Waals surface area contributed by atoms with Crippen molar-refractivity contribution in [3.63, 3.8) is 0 Å². The van der Waals surface area contributed by atoms with Gasteiger partial charge >= 0.3 is 0 Å². The fourth-order valence-electron chi connectivity index (χ4n) is 1.92. The molecule has 2 heterocycles. The second kappa shape index (κ2) is 4.39. The van der Waals surface area contributed by atoms with Gasteiger partial charge in [0.1, 0.15) is 5.60 Å². The van der Waals surface area contributed by atoms with Crippen LogP contribution in [0.5, 0.6) is 0 Å². The van der Waals surface area contributed by atoms with Gasteiger partial charge in [0.2, 0.25) is 11.8 Å². The predicted octanol–water partition coefficient (Wildman–Crippen LogP) is -1.61. The first-order valence-electron chi connectivity index (χ1n) is 5.44. The molecule has 90 valence electrons. The van der Waals surface area contributed by atoms with Crippen LogP contribution < -0.4 is 10.6 Å². The Bertz CT molecular complexity index is 299. The van der Waals surface area contributed by atoms with E-state index in [0.29, 0.717) is 19.6 Å². The summed E-state index contributed by atoms with van der Waals surface area (Å²) in [6, 6.07) is 0. The second-order valence-corrected chi connectivity index (χ2v) is 4.45. The molecule has 2 aliphatic rings. The van der Waals surface area contributed by atoms with E-state index in [2.05, 4.69) is 10.6 Å². The molecule has 6 heteroatoms. The summed E-state index contributed by atoms with van der Waals surface area (Å²) in [6.45, 7) is 1.36. The van der Waals surface area contributed by atoms with Gasteiger partial charge in [-0.3, -0.25) is 9.59 Å². The molecule has 0 aromatic rings. The summed E-state index contributed by atoms with van der Waals surface area (Å²) in [5.74, 6) is -0.583. The molecule has 6 nitrogen and oxygen atoms in total. The Balaban J connectivity index is 1.77. The standard InChI is InChI=1S/C10H16N2O4/c13-8-3-7(4-11-8)9(14)12-5-10(15)1-2-16-6-10/h7,15H,1-6H2,(H,11,13)(H,12,14). The summed E-state index contributed by atoms with van der Waals surface area (Å²) in [5, 5.41) is 15.2. The minimum atomic E-state index is -0.939. The fourth-order valence-corrected chi connectivity index (χ4v) is 1.92. The van der Waals surface area contributed by atoms with Crippen molar-refractivity contribution in [1.82, 2.24) is 10.6 Å². The maximum Gasteiger partial charge on any atom is 0.225 e. The van der Waals surface area contributed by atoms with Crippen LogP contribution in [0.1, 0.15) is 12.8 Å². The molecular formula is C10H16N2O4. The number of nitrogens with one attached hydrogen (secondary N) is 2. The van der Waals surface area contributed by atoms with Gasteiger partial charge in [0, 0.05) is 32.5 Å². The third kappa shape index (κ3) is 2.51. The lowest BCUT2D eigenvalue weighted by atomic mass is 10.0. The van der Waals surface area contributed by atoms with Crippen LogP contribution in [0.2, 0.25) is 0 Å². The van der Waals surface area contributed by atoms with Gasteiger partial charge in [-0.05, 0) is 0 Å². The van der Waals surface area contributed by atoms with Crippen molar-refractivity contribution in [1.29, 1.82) is 0 Å². The van der Waals surface area contributed by atoms with E-state index in [0.717, 1.165) is 0 Å². The molecule has 0 aliphatic carbocycles. The van der Waals surface area contributed by atoms with Crippen molar-refractivity contribution in [2.75, 3.05) is 26.3 Å². The third-order valence-corrected chi connectivity index (χ3v) is 3.02. The maximum atomic E-state index is 11.6. The number of carbonyl (C=O) groups is 2. The first kappa shape index (κ1) is 11.3. The van der Waals surface area contributed by atoms with Crippen molar-refractivity contribution in [2.45, 2.75) is 18.4 Å². The zero-order valence-corrected chi connectivity index (χ0v) is 8.99. The molecule has 2 fully saturated rings. The van der Waals surface area contributed by atoms with Gasteiger partial charge in [-0.15, -0.1) is 0 Å². The number of carbonyl (C=O) groups excluding carboxylic acids is 2. The van der Waals surface area contributed by atoms with Crippen LogP contribution in [0.15, 0.2) is 0 Å². The number of hydrogen-bond acceptors (Lipinski definition) is 4. The fraction of sp³-hybridized carbons (Fsp3) is 0.800. The van der Waals surface area contributed by atoms with Gasteiger partial charge in [-0.25, -0.2) is 0 Å². The highest BCUT2D eigenvalue weighted by atomic mass is 16.5. The quantitative estimate of drug-likeness (QED) is 0.542. The molecule has 0 aromatic heterocycles. The summed E-state index contributed by atoms with van der Waals surface area (Å²) in [7, 11) is 0. The molecule has 2 amide bonds. The summed E-state index contributed by atoms with van der Waals surface area (Å²) < 4.78 is 5.07. The third-order valence-electron chi connectivity index (χ3n) is 3.02. The molecule has 16 heavy (non-hydrogen) atoms. The Labute approximate surface area is 93.3 Å². The Morgan fingerprint density at radius 2 is 2.50 bits per heavy atom. The molecule has 2 aliphatic heterocycles. The number of rotatable bonds is 3. The summed E-state index contributed by atoms with van der Waals surface area (Å²) in [5.41, 5.74) is -0.939. The largest absolute Gasteiger partial charge is 0.386 e. The summed E-state index contributed by atoms with van der Waals surface area (Å²) >= 11 is 0. The Morgan fingerprint density at radius 3 is 3.06 bits per heavy atom. The second-order valence-electron chi connectivity index (χ2n) is 4.45. The zero-order chi connectivity index (χ0) is 11.6. The van der Waals surface area contributed by atoms with Crippen LogP contribution in [0.3, 0.4) is 0 Å². The average molecular weight is 228 g/mol. The van der Waals surface area contributed by atoms with Crippen molar-refractivity contribution in [3.05, 3.63) is 0 Å². The first-order chi connectivity index (χ1) is 7.59.